The van der Waals surface area contributed by atoms with Gasteiger partial charge in [-0.2, -0.15) is 0 Å². The summed E-state index contributed by atoms with van der Waals surface area (Å²) in [6.45, 7) is 4.35. The van der Waals surface area contributed by atoms with E-state index < -0.39 is 0 Å². The van der Waals surface area contributed by atoms with Gasteiger partial charge >= 0.3 is 0 Å². The van der Waals surface area contributed by atoms with Crippen molar-refractivity contribution in [1.29, 1.82) is 0 Å². The van der Waals surface area contributed by atoms with E-state index in [-0.39, 0.29) is 0 Å². The van der Waals surface area contributed by atoms with Crippen molar-refractivity contribution in [1.82, 2.24) is 19.5 Å². The summed E-state index contributed by atoms with van der Waals surface area (Å²) in [5, 5.41) is 4.92. The van der Waals surface area contributed by atoms with Crippen LogP contribution in [0.1, 0.15) is 11.1 Å². The third-order valence-electron chi connectivity index (χ3n) is 11.3. The van der Waals surface area contributed by atoms with Gasteiger partial charge in [-0.25, -0.2) is 15.0 Å². The van der Waals surface area contributed by atoms with Gasteiger partial charge in [0.2, 0.25) is 0 Å². The van der Waals surface area contributed by atoms with Crippen LogP contribution in [0.2, 0.25) is 0 Å². The average molecular weight is 761 g/mol. The first-order chi connectivity index (χ1) is 28.6. The molecule has 0 N–H and O–H groups in total. The monoisotopic (exact) mass is 760 g/mol. The van der Waals surface area contributed by atoms with Crippen molar-refractivity contribution < 1.29 is 0 Å². The van der Waals surface area contributed by atoms with E-state index in [2.05, 4.69) is 164 Å². The van der Waals surface area contributed by atoms with Crippen molar-refractivity contribution >= 4 is 53.3 Å². The van der Waals surface area contributed by atoms with Crippen molar-refractivity contribution in [3.63, 3.8) is 0 Å². The Morgan fingerprint density at radius 2 is 1.02 bits per heavy atom. The highest BCUT2D eigenvalue weighted by atomic mass is 32.1. The van der Waals surface area contributed by atoms with Crippen LogP contribution in [0.4, 0.5) is 0 Å². The van der Waals surface area contributed by atoms with E-state index in [1.54, 1.807) is 0 Å². The Balaban J connectivity index is 1.23. The third-order valence-corrected chi connectivity index (χ3v) is 12.4. The normalized spacial score (nSPS) is 11.6. The van der Waals surface area contributed by atoms with Crippen LogP contribution in [0.5, 0.6) is 0 Å². The summed E-state index contributed by atoms with van der Waals surface area (Å²) in [6.07, 6.45) is 0. The van der Waals surface area contributed by atoms with E-state index in [0.29, 0.717) is 17.5 Å². The number of hydrogen-bond acceptors (Lipinski definition) is 4. The van der Waals surface area contributed by atoms with Gasteiger partial charge in [-0.3, -0.25) is 0 Å². The van der Waals surface area contributed by atoms with Gasteiger partial charge in [0.25, 0.3) is 0 Å². The number of thiophene rings is 1. The Labute approximate surface area is 340 Å². The molecule has 0 saturated carbocycles. The lowest BCUT2D eigenvalue weighted by Crippen LogP contribution is -2.04. The molecule has 11 rings (SSSR count). The number of hydrogen-bond donors (Lipinski definition) is 0. The van der Waals surface area contributed by atoms with Crippen LogP contribution >= 0.6 is 11.3 Å². The largest absolute Gasteiger partial charge is 0.308 e. The zero-order valence-electron chi connectivity index (χ0n) is 32.0. The molecular weight excluding hydrogens is 725 g/mol. The average Bonchev–Trinajstić information content (AvgIpc) is 3.82. The fourth-order valence-electron chi connectivity index (χ4n) is 8.56. The Hall–Kier alpha value is -7.21. The number of para-hydroxylation sites is 1. The molecule has 0 atom stereocenters. The van der Waals surface area contributed by atoms with Crippen LogP contribution in [0.3, 0.4) is 0 Å². The second-order valence-electron chi connectivity index (χ2n) is 15.0. The number of rotatable bonds is 6. The van der Waals surface area contributed by atoms with Crippen LogP contribution < -0.4 is 0 Å². The summed E-state index contributed by atoms with van der Waals surface area (Å²) in [4.78, 5) is 15.7. The lowest BCUT2D eigenvalue weighted by atomic mass is 9.96. The number of aryl methyl sites for hydroxylation is 2. The van der Waals surface area contributed by atoms with Gasteiger partial charge in [-0.05, 0) is 78.1 Å². The maximum atomic E-state index is 5.32. The molecule has 0 radical (unpaired) electrons. The molecule has 11 aromatic rings. The molecule has 274 valence electrons. The third kappa shape index (κ3) is 5.70. The zero-order chi connectivity index (χ0) is 38.7. The maximum Gasteiger partial charge on any atom is 0.166 e. The molecule has 8 aromatic carbocycles. The summed E-state index contributed by atoms with van der Waals surface area (Å²) in [7, 11) is 0. The SMILES string of the molecule is Cc1ccc(-c2ccc3c4ccccc4n(-c4ccc(-c5cccc6sc7ccccc7c56)cc4-c4nc(-c5ccccc5)nc(-c5ccccc5)n4)c3c2)c(C)c1. The Kier molecular flexibility index (Phi) is 8.09. The Bertz CT molecular complexity index is 3300. The van der Waals surface area contributed by atoms with Crippen LogP contribution in [0, 0.1) is 13.8 Å². The van der Waals surface area contributed by atoms with Crippen LogP contribution in [0.25, 0.3) is 104 Å². The summed E-state index contributed by atoms with van der Waals surface area (Å²) in [5.41, 5.74) is 13.3. The lowest BCUT2D eigenvalue weighted by molar-refractivity contribution is 1.06. The minimum absolute atomic E-state index is 0.614. The van der Waals surface area contributed by atoms with Gasteiger partial charge in [-0.1, -0.05) is 151 Å². The number of aromatic nitrogens is 4. The Morgan fingerprint density at radius 3 is 1.78 bits per heavy atom. The van der Waals surface area contributed by atoms with Gasteiger partial charge in [0.05, 0.1) is 16.7 Å². The highest BCUT2D eigenvalue weighted by Gasteiger charge is 2.22. The highest BCUT2D eigenvalue weighted by Crippen LogP contribution is 2.43. The predicted octanol–water partition coefficient (Wildman–Crippen LogP) is 14.3. The molecule has 3 aromatic heterocycles. The highest BCUT2D eigenvalue weighted by molar-refractivity contribution is 7.25. The van der Waals surface area contributed by atoms with Crippen LogP contribution in [-0.4, -0.2) is 19.5 Å². The topological polar surface area (TPSA) is 43.6 Å². The summed E-state index contributed by atoms with van der Waals surface area (Å²) in [5.74, 6) is 1.88. The molecular formula is C53H36N4S. The second kappa shape index (κ2) is 13.8. The van der Waals surface area contributed by atoms with Crippen molar-refractivity contribution in [2.45, 2.75) is 13.8 Å². The summed E-state index contributed by atoms with van der Waals surface area (Å²) >= 11 is 1.84. The zero-order valence-corrected chi connectivity index (χ0v) is 32.8. The Morgan fingerprint density at radius 1 is 0.397 bits per heavy atom. The van der Waals surface area contributed by atoms with Crippen molar-refractivity contribution in [2.75, 3.05) is 0 Å². The molecule has 0 bridgehead atoms. The van der Waals surface area contributed by atoms with Crippen LogP contribution in [-0.2, 0) is 0 Å². The molecule has 4 nitrogen and oxygen atoms in total. The van der Waals surface area contributed by atoms with Gasteiger partial charge in [0.15, 0.2) is 17.5 Å². The molecule has 0 aliphatic heterocycles. The van der Waals surface area contributed by atoms with Gasteiger partial charge < -0.3 is 4.57 Å². The lowest BCUT2D eigenvalue weighted by Gasteiger charge is -2.17. The molecule has 0 aliphatic carbocycles. The number of benzene rings is 8. The molecule has 58 heavy (non-hydrogen) atoms. The minimum atomic E-state index is 0.614. The predicted molar refractivity (Wildman–Crippen MR) is 244 cm³/mol. The van der Waals surface area contributed by atoms with E-state index in [9.17, 15) is 0 Å². The van der Waals surface area contributed by atoms with E-state index in [0.717, 1.165) is 39.0 Å². The number of nitrogens with zero attached hydrogens (tertiary/aromatic N) is 4. The fraction of sp³-hybridized carbons (Fsp3) is 0.0377. The number of fused-ring (bicyclic) bond motifs is 6. The smallest absolute Gasteiger partial charge is 0.166 e. The van der Waals surface area contributed by atoms with Crippen molar-refractivity contribution in [2.24, 2.45) is 0 Å². The van der Waals surface area contributed by atoms with E-state index in [1.165, 1.54) is 58.8 Å². The van der Waals surface area contributed by atoms with E-state index in [1.807, 2.05) is 47.7 Å². The maximum absolute atomic E-state index is 5.32. The quantitative estimate of drug-likeness (QED) is 0.169. The fourth-order valence-corrected chi connectivity index (χ4v) is 9.69. The van der Waals surface area contributed by atoms with Gasteiger partial charge in [0, 0.05) is 47.6 Å². The first-order valence-corrected chi connectivity index (χ1v) is 20.4. The molecule has 0 unspecified atom stereocenters. The van der Waals surface area contributed by atoms with Crippen molar-refractivity contribution in [3.05, 3.63) is 193 Å². The molecule has 0 saturated heterocycles. The van der Waals surface area contributed by atoms with E-state index in [4.69, 9.17) is 15.0 Å². The summed E-state index contributed by atoms with van der Waals surface area (Å²) < 4.78 is 4.96. The van der Waals surface area contributed by atoms with E-state index >= 15 is 0 Å². The van der Waals surface area contributed by atoms with Gasteiger partial charge in [-0.15, -0.1) is 11.3 Å². The molecule has 5 heteroatoms. The second-order valence-corrected chi connectivity index (χ2v) is 16.0. The molecule has 3 heterocycles. The van der Waals surface area contributed by atoms with Crippen molar-refractivity contribution in [3.8, 4) is 62.1 Å². The molecule has 0 spiro atoms. The molecule has 0 fully saturated rings. The molecule has 0 amide bonds. The summed E-state index contributed by atoms with van der Waals surface area (Å²) in [6, 6.07) is 64.9. The first-order valence-electron chi connectivity index (χ1n) is 19.6. The molecule has 0 aliphatic rings. The van der Waals surface area contributed by atoms with Gasteiger partial charge in [0.1, 0.15) is 0 Å². The first kappa shape index (κ1) is 34.1. The minimum Gasteiger partial charge on any atom is -0.308 e. The standard InChI is InChI=1S/C53H36N4S/c1-33-24-27-39(34(2)30-33)38-25-28-42-41-18-9-11-21-45(41)57(47(42)32-38)46-29-26-37(40-20-13-23-49-50(40)43-19-10-12-22-48(43)58-49)31-44(46)53-55-51(35-14-5-3-6-15-35)54-52(56-53)36-16-7-4-8-17-36/h3-32H,1-2H3. The van der Waals surface area contributed by atoms with Crippen LogP contribution in [0.15, 0.2) is 182 Å².